The minimum atomic E-state index is 0.247. The molecule has 156 valence electrons. The molecule has 2 aliphatic heterocycles. The van der Waals surface area contributed by atoms with Crippen LogP contribution in [0.1, 0.15) is 54.6 Å². The number of fused-ring (bicyclic) bond motifs is 2. The average molecular weight is 403 g/mol. The monoisotopic (exact) mass is 402 g/mol. The van der Waals surface area contributed by atoms with Gasteiger partial charge in [0.2, 0.25) is 0 Å². The van der Waals surface area contributed by atoms with E-state index in [1.807, 2.05) is 0 Å². The molecule has 0 saturated heterocycles. The Morgan fingerprint density at radius 1 is 0.933 bits per heavy atom. The van der Waals surface area contributed by atoms with Gasteiger partial charge in [0, 0.05) is 31.5 Å². The molecule has 3 aromatic rings. The standard InChI is InChI=1S/C26H30N2O2/c1-19(2)21-7-9-22(10-8-21)26-23-5-3-12-27(23)13-4-14-28(26)18-20-6-11-24-25(17-20)30-16-15-29-24/h3,5-12,17,19,26H,4,13-16,18H2,1-2H3/t26-/m1/s1. The summed E-state index contributed by atoms with van der Waals surface area (Å²) in [5.74, 6) is 2.27. The van der Waals surface area contributed by atoms with Gasteiger partial charge in [-0.05, 0) is 53.3 Å². The van der Waals surface area contributed by atoms with Crippen LogP contribution in [-0.2, 0) is 13.1 Å². The molecular weight excluding hydrogens is 372 g/mol. The molecule has 1 atom stereocenters. The number of benzene rings is 2. The van der Waals surface area contributed by atoms with Gasteiger partial charge in [-0.15, -0.1) is 0 Å². The summed E-state index contributed by atoms with van der Waals surface area (Å²) in [4.78, 5) is 2.61. The number of aryl methyl sites for hydroxylation is 1. The molecular formula is C26H30N2O2. The van der Waals surface area contributed by atoms with Crippen LogP contribution in [0, 0.1) is 0 Å². The minimum absolute atomic E-state index is 0.247. The summed E-state index contributed by atoms with van der Waals surface area (Å²) in [6.45, 7) is 8.77. The molecule has 0 radical (unpaired) electrons. The fraction of sp³-hybridized carbons (Fsp3) is 0.385. The first-order valence-electron chi connectivity index (χ1n) is 11.1. The molecule has 0 aliphatic carbocycles. The van der Waals surface area contributed by atoms with Crippen LogP contribution in [0.5, 0.6) is 11.5 Å². The fourth-order valence-electron chi connectivity index (χ4n) is 4.68. The van der Waals surface area contributed by atoms with E-state index in [2.05, 4.69) is 84.1 Å². The van der Waals surface area contributed by atoms with Gasteiger partial charge in [-0.3, -0.25) is 4.90 Å². The summed E-state index contributed by atoms with van der Waals surface area (Å²) in [7, 11) is 0. The van der Waals surface area contributed by atoms with E-state index in [1.165, 1.54) is 22.4 Å². The molecule has 4 heteroatoms. The van der Waals surface area contributed by atoms with E-state index in [-0.39, 0.29) is 6.04 Å². The normalized spacial score (nSPS) is 18.8. The first kappa shape index (κ1) is 19.3. The first-order chi connectivity index (χ1) is 14.7. The second-order valence-corrected chi connectivity index (χ2v) is 8.65. The van der Waals surface area contributed by atoms with Gasteiger partial charge in [0.25, 0.3) is 0 Å². The van der Waals surface area contributed by atoms with Crippen LogP contribution in [0.3, 0.4) is 0 Å². The Morgan fingerprint density at radius 2 is 1.73 bits per heavy atom. The van der Waals surface area contributed by atoms with Crippen LogP contribution in [0.15, 0.2) is 60.8 Å². The van der Waals surface area contributed by atoms with Crippen LogP contribution in [0.25, 0.3) is 0 Å². The molecule has 3 heterocycles. The highest BCUT2D eigenvalue weighted by molar-refractivity contribution is 5.44. The summed E-state index contributed by atoms with van der Waals surface area (Å²) >= 11 is 0. The SMILES string of the molecule is CC(C)c1ccc([C@@H]2c3cccn3CCCN2Cc2ccc3c(c2)OCCO3)cc1. The Labute approximate surface area is 179 Å². The second-order valence-electron chi connectivity index (χ2n) is 8.65. The maximum atomic E-state index is 5.82. The van der Waals surface area contributed by atoms with Crippen molar-refractivity contribution in [3.8, 4) is 11.5 Å². The highest BCUT2D eigenvalue weighted by Gasteiger charge is 2.28. The quantitative estimate of drug-likeness (QED) is 0.586. The van der Waals surface area contributed by atoms with Gasteiger partial charge < -0.3 is 14.0 Å². The zero-order valence-corrected chi connectivity index (χ0v) is 17.9. The van der Waals surface area contributed by atoms with E-state index in [9.17, 15) is 0 Å². The summed E-state index contributed by atoms with van der Waals surface area (Å²) in [5, 5.41) is 0. The minimum Gasteiger partial charge on any atom is -0.486 e. The van der Waals surface area contributed by atoms with Crippen molar-refractivity contribution in [2.45, 2.75) is 45.3 Å². The van der Waals surface area contributed by atoms with Crippen molar-refractivity contribution in [3.05, 3.63) is 83.2 Å². The Kier molecular flexibility index (Phi) is 5.26. The van der Waals surface area contributed by atoms with Crippen molar-refractivity contribution < 1.29 is 9.47 Å². The average Bonchev–Trinajstić information content (AvgIpc) is 3.15. The molecule has 1 aromatic heterocycles. The smallest absolute Gasteiger partial charge is 0.161 e. The van der Waals surface area contributed by atoms with Crippen LogP contribution in [-0.4, -0.2) is 29.2 Å². The Balaban J connectivity index is 1.49. The number of ether oxygens (including phenoxy) is 2. The fourth-order valence-corrected chi connectivity index (χ4v) is 4.68. The van der Waals surface area contributed by atoms with Crippen LogP contribution < -0.4 is 9.47 Å². The predicted octanol–water partition coefficient (Wildman–Crippen LogP) is 5.38. The molecule has 5 rings (SSSR count). The predicted molar refractivity (Wildman–Crippen MR) is 119 cm³/mol. The Hall–Kier alpha value is -2.72. The lowest BCUT2D eigenvalue weighted by atomic mass is 9.96. The topological polar surface area (TPSA) is 26.6 Å². The lowest BCUT2D eigenvalue weighted by Gasteiger charge is -2.31. The zero-order chi connectivity index (χ0) is 20.5. The molecule has 0 amide bonds. The maximum Gasteiger partial charge on any atom is 0.161 e. The van der Waals surface area contributed by atoms with Crippen molar-refractivity contribution in [3.63, 3.8) is 0 Å². The van der Waals surface area contributed by atoms with E-state index in [1.54, 1.807) is 0 Å². The molecule has 2 aromatic carbocycles. The number of aromatic nitrogens is 1. The van der Waals surface area contributed by atoms with E-state index in [0.29, 0.717) is 19.1 Å². The van der Waals surface area contributed by atoms with Crippen molar-refractivity contribution in [2.24, 2.45) is 0 Å². The van der Waals surface area contributed by atoms with E-state index < -0.39 is 0 Å². The van der Waals surface area contributed by atoms with E-state index in [0.717, 1.165) is 37.6 Å². The summed E-state index contributed by atoms with van der Waals surface area (Å²) in [6, 6.07) is 20.3. The van der Waals surface area contributed by atoms with Gasteiger partial charge in [-0.25, -0.2) is 0 Å². The van der Waals surface area contributed by atoms with Crippen molar-refractivity contribution in [1.82, 2.24) is 9.47 Å². The molecule has 0 spiro atoms. The molecule has 4 nitrogen and oxygen atoms in total. The van der Waals surface area contributed by atoms with Gasteiger partial charge in [-0.2, -0.15) is 0 Å². The summed E-state index contributed by atoms with van der Waals surface area (Å²) < 4.78 is 13.9. The largest absolute Gasteiger partial charge is 0.486 e. The van der Waals surface area contributed by atoms with Gasteiger partial charge in [0.05, 0.1) is 6.04 Å². The number of hydrogen-bond donors (Lipinski definition) is 0. The lowest BCUT2D eigenvalue weighted by Crippen LogP contribution is -2.29. The zero-order valence-electron chi connectivity index (χ0n) is 17.9. The molecule has 0 unspecified atom stereocenters. The number of nitrogens with zero attached hydrogens (tertiary/aromatic N) is 2. The number of hydrogen-bond acceptors (Lipinski definition) is 3. The molecule has 0 N–H and O–H groups in total. The van der Waals surface area contributed by atoms with Crippen LogP contribution in [0.2, 0.25) is 0 Å². The maximum absolute atomic E-state index is 5.82. The molecule has 2 aliphatic rings. The second kappa shape index (κ2) is 8.19. The van der Waals surface area contributed by atoms with Crippen LogP contribution >= 0.6 is 0 Å². The van der Waals surface area contributed by atoms with Crippen molar-refractivity contribution in [2.75, 3.05) is 19.8 Å². The molecule has 0 bridgehead atoms. The van der Waals surface area contributed by atoms with Crippen molar-refractivity contribution >= 4 is 0 Å². The van der Waals surface area contributed by atoms with E-state index in [4.69, 9.17) is 9.47 Å². The molecule has 30 heavy (non-hydrogen) atoms. The van der Waals surface area contributed by atoms with Crippen molar-refractivity contribution in [1.29, 1.82) is 0 Å². The highest BCUT2D eigenvalue weighted by atomic mass is 16.6. The van der Waals surface area contributed by atoms with Gasteiger partial charge in [0.1, 0.15) is 13.2 Å². The Bertz CT molecular complexity index is 1010. The highest BCUT2D eigenvalue weighted by Crippen LogP contribution is 2.36. The van der Waals surface area contributed by atoms with E-state index >= 15 is 0 Å². The van der Waals surface area contributed by atoms with Gasteiger partial charge >= 0.3 is 0 Å². The van der Waals surface area contributed by atoms with Crippen LogP contribution in [0.4, 0.5) is 0 Å². The van der Waals surface area contributed by atoms with Gasteiger partial charge in [-0.1, -0.05) is 44.2 Å². The molecule has 0 fully saturated rings. The third-order valence-electron chi connectivity index (χ3n) is 6.27. The Morgan fingerprint density at radius 3 is 2.53 bits per heavy atom. The van der Waals surface area contributed by atoms with Gasteiger partial charge in [0.15, 0.2) is 11.5 Å². The summed E-state index contributed by atoms with van der Waals surface area (Å²) in [5.41, 5.74) is 5.39. The molecule has 0 saturated carbocycles. The third-order valence-corrected chi connectivity index (χ3v) is 6.27. The third kappa shape index (κ3) is 3.72. The first-order valence-corrected chi connectivity index (χ1v) is 11.1. The summed E-state index contributed by atoms with van der Waals surface area (Å²) in [6.07, 6.45) is 3.37. The lowest BCUT2D eigenvalue weighted by molar-refractivity contribution is 0.170. The number of rotatable bonds is 4.